The van der Waals surface area contributed by atoms with Gasteiger partial charge in [-0.05, 0) is 25.0 Å². The molecule has 0 saturated carbocycles. The highest BCUT2D eigenvalue weighted by molar-refractivity contribution is 8.00. The number of carbonyl (C=O) groups excluding carboxylic acids is 1. The maximum atomic E-state index is 12.9. The molecule has 0 bridgehead atoms. The summed E-state index contributed by atoms with van der Waals surface area (Å²) < 4.78 is 2.33. The van der Waals surface area contributed by atoms with E-state index in [2.05, 4.69) is 9.97 Å². The predicted octanol–water partition coefficient (Wildman–Crippen LogP) is 2.06. The lowest BCUT2D eigenvalue weighted by Crippen LogP contribution is -2.37. The van der Waals surface area contributed by atoms with Crippen molar-refractivity contribution in [1.82, 2.24) is 24.0 Å². The van der Waals surface area contributed by atoms with Crippen LogP contribution in [-0.4, -0.2) is 48.8 Å². The fourth-order valence-corrected chi connectivity index (χ4v) is 4.62. The Labute approximate surface area is 181 Å². The molecule has 1 aliphatic heterocycles. The van der Waals surface area contributed by atoms with Gasteiger partial charge in [0.25, 0.3) is 5.56 Å². The molecule has 3 aromatic rings. The number of hydrogen-bond acceptors (Lipinski definition) is 6. The maximum Gasteiger partial charge on any atom is 0.332 e. The fourth-order valence-electron chi connectivity index (χ4n) is 3.48. The monoisotopic (exact) mass is 445 g/mol. The van der Waals surface area contributed by atoms with Gasteiger partial charge >= 0.3 is 5.69 Å². The summed E-state index contributed by atoms with van der Waals surface area (Å²) in [4.78, 5) is 48.7. The molecule has 156 valence electrons. The lowest BCUT2D eigenvalue weighted by Gasteiger charge is -2.16. The summed E-state index contributed by atoms with van der Waals surface area (Å²) in [5.74, 6) is 0.456. The van der Waals surface area contributed by atoms with Crippen molar-refractivity contribution in [2.75, 3.05) is 18.8 Å². The van der Waals surface area contributed by atoms with E-state index >= 15 is 0 Å². The highest BCUT2D eigenvalue weighted by atomic mass is 35.5. The van der Waals surface area contributed by atoms with Crippen LogP contribution in [0.4, 0.5) is 0 Å². The van der Waals surface area contributed by atoms with E-state index < -0.39 is 11.2 Å². The minimum Gasteiger partial charge on any atom is -0.342 e. The van der Waals surface area contributed by atoms with Gasteiger partial charge in [0.05, 0.1) is 10.8 Å². The summed E-state index contributed by atoms with van der Waals surface area (Å²) in [5, 5.41) is 1.03. The van der Waals surface area contributed by atoms with E-state index in [9.17, 15) is 14.4 Å². The van der Waals surface area contributed by atoms with Crippen LogP contribution in [0.15, 0.2) is 38.9 Å². The molecule has 0 N–H and O–H groups in total. The molecule has 1 aliphatic rings. The minimum atomic E-state index is -0.491. The molecular weight excluding hydrogens is 426 g/mol. The molecule has 0 aliphatic carbocycles. The number of aryl methyl sites for hydroxylation is 1. The Balaban J connectivity index is 1.87. The standard InChI is InChI=1S/C20H20ClN5O3S/c1-24-17-15(19(28)25(2)20(24)29)18(30-11-14(27)26-9-5-6-10-26)23-16(22-17)12-7-3-4-8-13(12)21/h3-4,7-8H,5-6,9-11H2,1-2H3. The quantitative estimate of drug-likeness (QED) is 0.451. The van der Waals surface area contributed by atoms with Gasteiger partial charge in [-0.25, -0.2) is 14.8 Å². The van der Waals surface area contributed by atoms with Gasteiger partial charge in [-0.1, -0.05) is 35.5 Å². The second-order valence-electron chi connectivity index (χ2n) is 7.11. The van der Waals surface area contributed by atoms with E-state index in [1.54, 1.807) is 25.2 Å². The van der Waals surface area contributed by atoms with Crippen LogP contribution < -0.4 is 11.2 Å². The van der Waals surface area contributed by atoms with Crippen molar-refractivity contribution in [2.45, 2.75) is 17.9 Å². The fraction of sp³-hybridized carbons (Fsp3) is 0.350. The van der Waals surface area contributed by atoms with Crippen LogP contribution in [0.25, 0.3) is 22.4 Å². The van der Waals surface area contributed by atoms with Gasteiger partial charge in [-0.3, -0.25) is 18.7 Å². The molecule has 1 saturated heterocycles. The van der Waals surface area contributed by atoms with Crippen LogP contribution in [0.1, 0.15) is 12.8 Å². The Kier molecular flexibility index (Phi) is 5.66. The van der Waals surface area contributed by atoms with Crippen LogP contribution in [0, 0.1) is 0 Å². The molecule has 1 amide bonds. The molecule has 0 radical (unpaired) electrons. The van der Waals surface area contributed by atoms with Crippen LogP contribution >= 0.6 is 23.4 Å². The minimum absolute atomic E-state index is 0.00481. The van der Waals surface area contributed by atoms with E-state index in [0.717, 1.165) is 30.5 Å². The summed E-state index contributed by atoms with van der Waals surface area (Å²) in [6, 6.07) is 7.09. The molecular formula is C20H20ClN5O3S. The van der Waals surface area contributed by atoms with Crippen molar-refractivity contribution in [3.05, 3.63) is 50.1 Å². The molecule has 1 aromatic carbocycles. The highest BCUT2D eigenvalue weighted by Crippen LogP contribution is 2.30. The number of nitrogens with zero attached hydrogens (tertiary/aromatic N) is 5. The first-order chi connectivity index (χ1) is 14.4. The first-order valence-corrected chi connectivity index (χ1v) is 10.9. The van der Waals surface area contributed by atoms with E-state index in [0.29, 0.717) is 21.4 Å². The third kappa shape index (κ3) is 3.63. The van der Waals surface area contributed by atoms with Gasteiger partial charge in [0.15, 0.2) is 11.5 Å². The number of hydrogen-bond donors (Lipinski definition) is 0. The average molecular weight is 446 g/mol. The first kappa shape index (κ1) is 20.6. The van der Waals surface area contributed by atoms with Crippen LogP contribution in [0.3, 0.4) is 0 Å². The zero-order valence-corrected chi connectivity index (χ0v) is 18.2. The highest BCUT2D eigenvalue weighted by Gasteiger charge is 2.22. The number of likely N-dealkylation sites (tertiary alicyclic amines) is 1. The summed E-state index contributed by atoms with van der Waals surface area (Å²) in [5.41, 5.74) is -0.179. The van der Waals surface area contributed by atoms with Crippen LogP contribution in [-0.2, 0) is 18.9 Å². The number of amides is 1. The van der Waals surface area contributed by atoms with Crippen molar-refractivity contribution < 1.29 is 4.79 Å². The van der Waals surface area contributed by atoms with Crippen molar-refractivity contribution >= 4 is 40.3 Å². The van der Waals surface area contributed by atoms with Crippen molar-refractivity contribution in [3.63, 3.8) is 0 Å². The molecule has 3 heterocycles. The SMILES string of the molecule is Cn1c(=O)c2c(SCC(=O)N3CCCC3)nc(-c3ccccc3Cl)nc2n(C)c1=O. The Morgan fingerprint density at radius 1 is 1.10 bits per heavy atom. The van der Waals surface area contributed by atoms with Gasteiger partial charge in [-0.15, -0.1) is 0 Å². The van der Waals surface area contributed by atoms with Crippen molar-refractivity contribution in [3.8, 4) is 11.4 Å². The lowest BCUT2D eigenvalue weighted by atomic mass is 10.2. The van der Waals surface area contributed by atoms with E-state index in [4.69, 9.17) is 11.6 Å². The molecule has 0 unspecified atom stereocenters. The molecule has 10 heteroatoms. The summed E-state index contributed by atoms with van der Waals surface area (Å²) in [6.45, 7) is 1.51. The largest absolute Gasteiger partial charge is 0.342 e. The van der Waals surface area contributed by atoms with Gasteiger partial charge < -0.3 is 4.90 Å². The molecule has 1 fully saturated rings. The molecule has 2 aromatic heterocycles. The number of aromatic nitrogens is 4. The maximum absolute atomic E-state index is 12.9. The van der Waals surface area contributed by atoms with E-state index in [1.165, 1.54) is 23.4 Å². The smallest absolute Gasteiger partial charge is 0.332 e. The average Bonchev–Trinajstić information content (AvgIpc) is 3.29. The van der Waals surface area contributed by atoms with E-state index in [-0.39, 0.29) is 22.7 Å². The topological polar surface area (TPSA) is 90.1 Å². The van der Waals surface area contributed by atoms with Crippen molar-refractivity contribution in [1.29, 1.82) is 0 Å². The molecule has 30 heavy (non-hydrogen) atoms. The summed E-state index contributed by atoms with van der Waals surface area (Å²) in [6.07, 6.45) is 2.01. The normalized spacial score (nSPS) is 13.9. The summed E-state index contributed by atoms with van der Waals surface area (Å²) >= 11 is 7.50. The summed E-state index contributed by atoms with van der Waals surface area (Å²) in [7, 11) is 2.97. The van der Waals surface area contributed by atoms with Gasteiger partial charge in [0.2, 0.25) is 5.91 Å². The lowest BCUT2D eigenvalue weighted by molar-refractivity contribution is -0.127. The number of halogens is 1. The predicted molar refractivity (Wildman–Crippen MR) is 117 cm³/mol. The third-order valence-electron chi connectivity index (χ3n) is 5.17. The van der Waals surface area contributed by atoms with E-state index in [1.807, 2.05) is 11.0 Å². The zero-order chi connectivity index (χ0) is 21.4. The van der Waals surface area contributed by atoms with Gasteiger partial charge in [0.1, 0.15) is 10.4 Å². The zero-order valence-electron chi connectivity index (χ0n) is 16.6. The Bertz CT molecular complexity index is 1260. The molecule has 0 spiro atoms. The van der Waals surface area contributed by atoms with Gasteiger partial charge in [0, 0.05) is 32.7 Å². The number of benzene rings is 1. The van der Waals surface area contributed by atoms with Crippen molar-refractivity contribution in [2.24, 2.45) is 14.1 Å². The number of fused-ring (bicyclic) bond motifs is 1. The Morgan fingerprint density at radius 3 is 2.50 bits per heavy atom. The van der Waals surface area contributed by atoms with Crippen LogP contribution in [0.5, 0.6) is 0 Å². The second-order valence-corrected chi connectivity index (χ2v) is 8.48. The molecule has 8 nitrogen and oxygen atoms in total. The number of thioether (sulfide) groups is 1. The molecule has 4 rings (SSSR count). The first-order valence-electron chi connectivity index (χ1n) is 9.51. The van der Waals surface area contributed by atoms with Crippen LogP contribution in [0.2, 0.25) is 5.02 Å². The second kappa shape index (κ2) is 8.23. The Hall–Kier alpha value is -2.65. The third-order valence-corrected chi connectivity index (χ3v) is 6.46. The number of carbonyl (C=O) groups is 1. The Morgan fingerprint density at radius 2 is 1.80 bits per heavy atom. The molecule has 0 atom stereocenters. The van der Waals surface area contributed by atoms with Gasteiger partial charge in [-0.2, -0.15) is 0 Å². The number of rotatable bonds is 4.